The summed E-state index contributed by atoms with van der Waals surface area (Å²) in [6.07, 6.45) is 1.90. The van der Waals surface area contributed by atoms with Crippen LogP contribution in [-0.2, 0) is 4.79 Å². The fraction of sp³-hybridized carbons (Fsp3) is 0.280. The average Bonchev–Trinajstić information content (AvgIpc) is 3.32. The van der Waals surface area contributed by atoms with Crippen molar-refractivity contribution in [3.05, 3.63) is 72.3 Å². The SMILES string of the molecule is CCC(Oc1cccc2ccccc12)C(=O)Nc1ccccc1C(=O)N1CCCC1. The molecule has 0 aromatic heterocycles. The summed E-state index contributed by atoms with van der Waals surface area (Å²) < 4.78 is 6.10. The molecular formula is C25H26N2O3. The van der Waals surface area contributed by atoms with Crippen LogP contribution in [-0.4, -0.2) is 35.9 Å². The first kappa shape index (κ1) is 20.0. The lowest BCUT2D eigenvalue weighted by molar-refractivity contribution is -0.122. The molecule has 0 bridgehead atoms. The third-order valence-corrected chi connectivity index (χ3v) is 5.49. The van der Waals surface area contributed by atoms with Crippen LogP contribution in [0.5, 0.6) is 5.75 Å². The number of ether oxygens (including phenoxy) is 1. The van der Waals surface area contributed by atoms with Crippen LogP contribution >= 0.6 is 0 Å². The normalized spacial score (nSPS) is 14.5. The van der Waals surface area contributed by atoms with Crippen LogP contribution in [0, 0.1) is 0 Å². The minimum Gasteiger partial charge on any atom is -0.480 e. The summed E-state index contributed by atoms with van der Waals surface area (Å²) in [7, 11) is 0. The van der Waals surface area contributed by atoms with Gasteiger partial charge in [-0.1, -0.05) is 55.5 Å². The summed E-state index contributed by atoms with van der Waals surface area (Å²) in [5.41, 5.74) is 1.05. The Morgan fingerprint density at radius 3 is 2.47 bits per heavy atom. The van der Waals surface area contributed by atoms with Crippen molar-refractivity contribution in [1.29, 1.82) is 0 Å². The van der Waals surface area contributed by atoms with Gasteiger partial charge < -0.3 is 15.0 Å². The van der Waals surface area contributed by atoms with E-state index >= 15 is 0 Å². The van der Waals surface area contributed by atoms with E-state index in [0.717, 1.165) is 36.7 Å². The fourth-order valence-electron chi connectivity index (χ4n) is 3.86. The largest absolute Gasteiger partial charge is 0.480 e. The van der Waals surface area contributed by atoms with Gasteiger partial charge in [-0.15, -0.1) is 0 Å². The van der Waals surface area contributed by atoms with E-state index in [1.165, 1.54) is 0 Å². The number of nitrogens with one attached hydrogen (secondary N) is 1. The summed E-state index contributed by atoms with van der Waals surface area (Å²) in [4.78, 5) is 27.7. The molecule has 3 aromatic rings. The Labute approximate surface area is 176 Å². The zero-order valence-corrected chi connectivity index (χ0v) is 17.1. The highest BCUT2D eigenvalue weighted by Crippen LogP contribution is 2.27. The van der Waals surface area contributed by atoms with Crippen LogP contribution in [0.3, 0.4) is 0 Å². The Kier molecular flexibility index (Phi) is 5.98. The summed E-state index contributed by atoms with van der Waals surface area (Å²) in [5, 5.41) is 4.95. The molecule has 4 rings (SSSR count). The number of benzene rings is 3. The Morgan fingerprint density at radius 1 is 0.967 bits per heavy atom. The summed E-state index contributed by atoms with van der Waals surface area (Å²) in [6.45, 7) is 3.45. The van der Waals surface area contributed by atoms with Gasteiger partial charge in [-0.2, -0.15) is 0 Å². The van der Waals surface area contributed by atoms with Crippen LogP contribution in [0.1, 0.15) is 36.5 Å². The van der Waals surface area contributed by atoms with Crippen molar-refractivity contribution in [2.24, 2.45) is 0 Å². The van der Waals surface area contributed by atoms with E-state index in [2.05, 4.69) is 5.32 Å². The van der Waals surface area contributed by atoms with Gasteiger partial charge >= 0.3 is 0 Å². The molecule has 1 heterocycles. The first-order valence-electron chi connectivity index (χ1n) is 10.5. The standard InChI is InChI=1S/C25H26N2O3/c1-2-22(30-23-15-9-11-18-10-3-4-12-19(18)23)24(28)26-21-14-6-5-13-20(21)25(29)27-16-7-8-17-27/h3-6,9-15,22H,2,7-8,16-17H2,1H3,(H,26,28). The van der Waals surface area contributed by atoms with E-state index in [9.17, 15) is 9.59 Å². The van der Waals surface area contributed by atoms with E-state index in [4.69, 9.17) is 4.74 Å². The molecule has 1 atom stereocenters. The average molecular weight is 402 g/mol. The van der Waals surface area contributed by atoms with Gasteiger partial charge in [0.1, 0.15) is 5.75 Å². The van der Waals surface area contributed by atoms with Gasteiger partial charge in [-0.05, 0) is 42.8 Å². The zero-order valence-electron chi connectivity index (χ0n) is 17.1. The second-order valence-electron chi connectivity index (χ2n) is 7.53. The lowest BCUT2D eigenvalue weighted by atomic mass is 10.1. The molecule has 1 N–H and O–H groups in total. The third kappa shape index (κ3) is 4.15. The first-order valence-corrected chi connectivity index (χ1v) is 10.5. The van der Waals surface area contributed by atoms with Crippen LogP contribution in [0.2, 0.25) is 0 Å². The second kappa shape index (κ2) is 8.99. The zero-order chi connectivity index (χ0) is 20.9. The molecule has 1 aliphatic rings. The number of likely N-dealkylation sites (tertiary alicyclic amines) is 1. The van der Waals surface area contributed by atoms with Gasteiger partial charge in [0, 0.05) is 18.5 Å². The molecule has 1 aliphatic heterocycles. The number of hydrogen-bond donors (Lipinski definition) is 1. The molecule has 3 aromatic carbocycles. The third-order valence-electron chi connectivity index (χ3n) is 5.49. The number of amides is 2. The Balaban J connectivity index is 1.53. The molecule has 1 fully saturated rings. The number of nitrogens with zero attached hydrogens (tertiary/aromatic N) is 1. The number of fused-ring (bicyclic) bond motifs is 1. The van der Waals surface area contributed by atoms with Crippen LogP contribution in [0.25, 0.3) is 10.8 Å². The molecule has 1 saturated heterocycles. The minimum absolute atomic E-state index is 0.0357. The molecule has 1 unspecified atom stereocenters. The molecule has 0 aliphatic carbocycles. The predicted molar refractivity (Wildman–Crippen MR) is 119 cm³/mol. The number of rotatable bonds is 6. The van der Waals surface area contributed by atoms with Crippen molar-refractivity contribution >= 4 is 28.3 Å². The van der Waals surface area contributed by atoms with E-state index in [1.54, 1.807) is 12.1 Å². The molecule has 30 heavy (non-hydrogen) atoms. The summed E-state index contributed by atoms with van der Waals surface area (Å²) in [6, 6.07) is 20.9. The monoisotopic (exact) mass is 402 g/mol. The van der Waals surface area contributed by atoms with E-state index < -0.39 is 6.10 Å². The molecule has 154 valence electrons. The van der Waals surface area contributed by atoms with Crippen molar-refractivity contribution in [3.63, 3.8) is 0 Å². The number of carbonyl (C=O) groups excluding carboxylic acids is 2. The molecule has 5 heteroatoms. The topological polar surface area (TPSA) is 58.6 Å². The number of carbonyl (C=O) groups is 2. The molecule has 0 saturated carbocycles. The van der Waals surface area contributed by atoms with Crippen molar-refractivity contribution in [2.45, 2.75) is 32.3 Å². The van der Waals surface area contributed by atoms with Crippen LogP contribution in [0.15, 0.2) is 66.7 Å². The van der Waals surface area contributed by atoms with Crippen molar-refractivity contribution in [3.8, 4) is 5.75 Å². The Hall–Kier alpha value is -3.34. The molecule has 5 nitrogen and oxygen atoms in total. The van der Waals surface area contributed by atoms with Gasteiger partial charge in [0.25, 0.3) is 11.8 Å². The lowest BCUT2D eigenvalue weighted by Crippen LogP contribution is -2.34. The smallest absolute Gasteiger partial charge is 0.265 e. The maximum Gasteiger partial charge on any atom is 0.265 e. The highest BCUT2D eigenvalue weighted by Gasteiger charge is 2.24. The van der Waals surface area contributed by atoms with Crippen molar-refractivity contribution < 1.29 is 14.3 Å². The van der Waals surface area contributed by atoms with Crippen molar-refractivity contribution in [2.75, 3.05) is 18.4 Å². The van der Waals surface area contributed by atoms with Gasteiger partial charge in [-0.3, -0.25) is 9.59 Å². The maximum absolute atomic E-state index is 13.0. The number of para-hydroxylation sites is 1. The highest BCUT2D eigenvalue weighted by molar-refractivity contribution is 6.04. The Bertz CT molecular complexity index is 1050. The van der Waals surface area contributed by atoms with Gasteiger partial charge in [0.2, 0.25) is 0 Å². The molecule has 0 radical (unpaired) electrons. The van der Waals surface area contributed by atoms with Crippen LogP contribution in [0.4, 0.5) is 5.69 Å². The minimum atomic E-state index is -0.661. The maximum atomic E-state index is 13.0. The predicted octanol–water partition coefficient (Wildman–Crippen LogP) is 4.87. The highest BCUT2D eigenvalue weighted by atomic mass is 16.5. The lowest BCUT2D eigenvalue weighted by Gasteiger charge is -2.21. The van der Waals surface area contributed by atoms with Gasteiger partial charge in [-0.25, -0.2) is 0 Å². The van der Waals surface area contributed by atoms with Gasteiger partial charge in [0.05, 0.1) is 11.3 Å². The number of hydrogen-bond acceptors (Lipinski definition) is 3. The fourth-order valence-corrected chi connectivity index (χ4v) is 3.86. The van der Waals surface area contributed by atoms with E-state index in [1.807, 2.05) is 66.4 Å². The molecular weight excluding hydrogens is 376 g/mol. The molecule has 0 spiro atoms. The molecule has 2 amide bonds. The quantitative estimate of drug-likeness (QED) is 0.640. The van der Waals surface area contributed by atoms with Crippen LogP contribution < -0.4 is 10.1 Å². The number of anilines is 1. The van der Waals surface area contributed by atoms with Crippen molar-refractivity contribution in [1.82, 2.24) is 4.90 Å². The Morgan fingerprint density at radius 2 is 1.67 bits per heavy atom. The van der Waals surface area contributed by atoms with Gasteiger partial charge in [0.15, 0.2) is 6.10 Å². The summed E-state index contributed by atoms with van der Waals surface area (Å²) >= 11 is 0. The first-order chi connectivity index (χ1) is 14.7. The summed E-state index contributed by atoms with van der Waals surface area (Å²) in [5.74, 6) is 0.384. The van der Waals surface area contributed by atoms with E-state index in [-0.39, 0.29) is 11.8 Å². The second-order valence-corrected chi connectivity index (χ2v) is 7.53. The van der Waals surface area contributed by atoms with E-state index in [0.29, 0.717) is 23.4 Å².